The predicted molar refractivity (Wildman–Crippen MR) is 61.7 cm³/mol. The molecule has 0 bridgehead atoms. The highest BCUT2D eigenvalue weighted by atomic mass is 16.5. The van der Waals surface area contributed by atoms with Gasteiger partial charge in [-0.2, -0.15) is 0 Å². The molecule has 0 heterocycles. The van der Waals surface area contributed by atoms with Crippen molar-refractivity contribution in [2.75, 3.05) is 32.8 Å². The summed E-state index contributed by atoms with van der Waals surface area (Å²) in [4.78, 5) is 0. The van der Waals surface area contributed by atoms with Gasteiger partial charge >= 0.3 is 0 Å². The second-order valence-corrected chi connectivity index (χ2v) is 3.76. The van der Waals surface area contributed by atoms with E-state index in [9.17, 15) is 0 Å². The van der Waals surface area contributed by atoms with Crippen LogP contribution < -0.4 is 10.6 Å². The van der Waals surface area contributed by atoms with Crippen LogP contribution in [0.3, 0.4) is 0 Å². The number of rotatable bonds is 10. The van der Waals surface area contributed by atoms with Crippen molar-refractivity contribution in [1.29, 1.82) is 0 Å². The highest BCUT2D eigenvalue weighted by Gasteiger charge is 1.91. The lowest BCUT2D eigenvalue weighted by atomic mass is 10.3. The van der Waals surface area contributed by atoms with Crippen molar-refractivity contribution < 1.29 is 4.74 Å². The van der Waals surface area contributed by atoms with Crippen molar-refractivity contribution in [3.8, 4) is 0 Å². The van der Waals surface area contributed by atoms with Gasteiger partial charge in [-0.3, -0.25) is 0 Å². The summed E-state index contributed by atoms with van der Waals surface area (Å²) in [5.74, 6) is 0. The third-order valence-corrected chi connectivity index (χ3v) is 1.95. The Balaban J connectivity index is 2.85. The number of ether oxygens (including phenoxy) is 1. The van der Waals surface area contributed by atoms with Gasteiger partial charge in [-0.05, 0) is 26.3 Å². The van der Waals surface area contributed by atoms with Gasteiger partial charge in [0.15, 0.2) is 0 Å². The Morgan fingerprint density at radius 1 is 1.07 bits per heavy atom. The smallest absolute Gasteiger partial charge is 0.0466 e. The normalized spacial score (nSPS) is 11.1. The summed E-state index contributed by atoms with van der Waals surface area (Å²) in [5, 5.41) is 6.77. The van der Waals surface area contributed by atoms with Crippen molar-refractivity contribution in [2.24, 2.45) is 0 Å². The van der Waals surface area contributed by atoms with Gasteiger partial charge in [0.05, 0.1) is 0 Å². The van der Waals surface area contributed by atoms with Crippen LogP contribution in [-0.2, 0) is 4.74 Å². The van der Waals surface area contributed by atoms with Crippen LogP contribution in [0.15, 0.2) is 0 Å². The number of hydrogen-bond donors (Lipinski definition) is 2. The largest absolute Gasteiger partial charge is 0.382 e. The zero-order valence-electron chi connectivity index (χ0n) is 9.94. The van der Waals surface area contributed by atoms with Crippen LogP contribution in [0.25, 0.3) is 0 Å². The topological polar surface area (TPSA) is 33.3 Å². The van der Waals surface area contributed by atoms with E-state index in [1.807, 2.05) is 6.92 Å². The first-order valence-electron chi connectivity index (χ1n) is 5.79. The van der Waals surface area contributed by atoms with Gasteiger partial charge in [0, 0.05) is 32.3 Å². The Kier molecular flexibility index (Phi) is 10.9. The van der Waals surface area contributed by atoms with Gasteiger partial charge in [0.25, 0.3) is 0 Å². The molecule has 0 aromatic carbocycles. The van der Waals surface area contributed by atoms with E-state index < -0.39 is 0 Å². The van der Waals surface area contributed by atoms with E-state index in [0.29, 0.717) is 6.04 Å². The van der Waals surface area contributed by atoms with Crippen molar-refractivity contribution >= 4 is 0 Å². The maximum atomic E-state index is 5.25. The average Bonchev–Trinajstić information content (AvgIpc) is 2.15. The van der Waals surface area contributed by atoms with Gasteiger partial charge in [0.2, 0.25) is 0 Å². The third kappa shape index (κ3) is 11.9. The average molecular weight is 202 g/mol. The SMILES string of the molecule is CCOCCCCNCCNC(C)C. The maximum Gasteiger partial charge on any atom is 0.0466 e. The van der Waals surface area contributed by atoms with E-state index in [-0.39, 0.29) is 0 Å². The monoisotopic (exact) mass is 202 g/mol. The Labute approximate surface area is 88.6 Å². The van der Waals surface area contributed by atoms with E-state index in [1.54, 1.807) is 0 Å². The molecule has 0 aromatic heterocycles. The molecule has 0 saturated heterocycles. The molecule has 0 aliphatic carbocycles. The minimum absolute atomic E-state index is 0.592. The molecule has 3 nitrogen and oxygen atoms in total. The summed E-state index contributed by atoms with van der Waals surface area (Å²) in [6.45, 7) is 11.3. The molecule has 0 aliphatic rings. The number of hydrogen-bond acceptors (Lipinski definition) is 3. The van der Waals surface area contributed by atoms with E-state index in [2.05, 4.69) is 24.5 Å². The molecule has 0 saturated carbocycles. The van der Waals surface area contributed by atoms with Crippen molar-refractivity contribution in [1.82, 2.24) is 10.6 Å². The number of nitrogens with one attached hydrogen (secondary N) is 2. The summed E-state index contributed by atoms with van der Waals surface area (Å²) < 4.78 is 5.25. The standard InChI is InChI=1S/C11H26N2O/c1-4-14-10-6-5-7-12-8-9-13-11(2)3/h11-13H,4-10H2,1-3H3. The van der Waals surface area contributed by atoms with Gasteiger partial charge in [-0.15, -0.1) is 0 Å². The Morgan fingerprint density at radius 2 is 1.86 bits per heavy atom. The summed E-state index contributed by atoms with van der Waals surface area (Å²) >= 11 is 0. The van der Waals surface area contributed by atoms with Crippen LogP contribution in [0.2, 0.25) is 0 Å². The zero-order chi connectivity index (χ0) is 10.6. The molecule has 86 valence electrons. The van der Waals surface area contributed by atoms with Crippen LogP contribution in [0.1, 0.15) is 33.6 Å². The Hall–Kier alpha value is -0.120. The second-order valence-electron chi connectivity index (χ2n) is 3.76. The van der Waals surface area contributed by atoms with Crippen LogP contribution >= 0.6 is 0 Å². The first kappa shape index (κ1) is 13.9. The van der Waals surface area contributed by atoms with Crippen LogP contribution in [0.4, 0.5) is 0 Å². The molecule has 0 aliphatic heterocycles. The fourth-order valence-electron chi connectivity index (χ4n) is 1.17. The van der Waals surface area contributed by atoms with Gasteiger partial charge in [-0.1, -0.05) is 13.8 Å². The molecule has 0 aromatic rings. The molecule has 0 amide bonds. The molecule has 3 heteroatoms. The first-order chi connectivity index (χ1) is 6.77. The lowest BCUT2D eigenvalue weighted by molar-refractivity contribution is 0.143. The van der Waals surface area contributed by atoms with Crippen molar-refractivity contribution in [3.63, 3.8) is 0 Å². The summed E-state index contributed by atoms with van der Waals surface area (Å²) in [7, 11) is 0. The Bertz CT molecular complexity index is 107. The van der Waals surface area contributed by atoms with E-state index in [4.69, 9.17) is 4.74 Å². The van der Waals surface area contributed by atoms with Gasteiger partial charge < -0.3 is 15.4 Å². The molecular formula is C11H26N2O. The Morgan fingerprint density at radius 3 is 2.50 bits per heavy atom. The minimum Gasteiger partial charge on any atom is -0.382 e. The van der Waals surface area contributed by atoms with E-state index in [0.717, 1.165) is 32.8 Å². The second kappa shape index (κ2) is 11.0. The zero-order valence-corrected chi connectivity index (χ0v) is 9.94. The predicted octanol–water partition coefficient (Wildman–Crippen LogP) is 1.39. The van der Waals surface area contributed by atoms with Crippen LogP contribution in [-0.4, -0.2) is 38.9 Å². The molecule has 0 fully saturated rings. The third-order valence-electron chi connectivity index (χ3n) is 1.95. The maximum absolute atomic E-state index is 5.25. The summed E-state index contributed by atoms with van der Waals surface area (Å²) in [5.41, 5.74) is 0. The van der Waals surface area contributed by atoms with Gasteiger partial charge in [0.1, 0.15) is 0 Å². The molecule has 14 heavy (non-hydrogen) atoms. The van der Waals surface area contributed by atoms with E-state index in [1.165, 1.54) is 12.8 Å². The highest BCUT2D eigenvalue weighted by molar-refractivity contribution is 4.55. The summed E-state index contributed by atoms with van der Waals surface area (Å²) in [6, 6.07) is 0.592. The van der Waals surface area contributed by atoms with Crippen molar-refractivity contribution in [3.05, 3.63) is 0 Å². The van der Waals surface area contributed by atoms with E-state index >= 15 is 0 Å². The molecule has 0 spiro atoms. The molecule has 0 radical (unpaired) electrons. The van der Waals surface area contributed by atoms with Crippen molar-refractivity contribution in [2.45, 2.75) is 39.7 Å². The first-order valence-corrected chi connectivity index (χ1v) is 5.79. The highest BCUT2D eigenvalue weighted by Crippen LogP contribution is 1.87. The molecule has 0 rings (SSSR count). The quantitative estimate of drug-likeness (QED) is 0.525. The molecular weight excluding hydrogens is 176 g/mol. The van der Waals surface area contributed by atoms with Crippen LogP contribution in [0, 0.1) is 0 Å². The molecule has 0 unspecified atom stereocenters. The molecule has 0 atom stereocenters. The minimum atomic E-state index is 0.592. The van der Waals surface area contributed by atoms with Gasteiger partial charge in [-0.25, -0.2) is 0 Å². The lowest BCUT2D eigenvalue weighted by Crippen LogP contribution is -2.32. The summed E-state index contributed by atoms with van der Waals surface area (Å²) in [6.07, 6.45) is 2.38. The lowest BCUT2D eigenvalue weighted by Gasteiger charge is -2.08. The fourth-order valence-corrected chi connectivity index (χ4v) is 1.17. The number of unbranched alkanes of at least 4 members (excludes halogenated alkanes) is 1. The fraction of sp³-hybridized carbons (Fsp3) is 1.00. The molecule has 2 N–H and O–H groups in total. The van der Waals surface area contributed by atoms with Crippen LogP contribution in [0.5, 0.6) is 0 Å².